The SMILES string of the molecule is CC(Cl)c1nc2cnccc2n1C(C)CC1CC1. The van der Waals surface area contributed by atoms with E-state index >= 15 is 0 Å². The maximum Gasteiger partial charge on any atom is 0.128 e. The summed E-state index contributed by atoms with van der Waals surface area (Å²) in [7, 11) is 0. The van der Waals surface area contributed by atoms with Crippen LogP contribution < -0.4 is 0 Å². The van der Waals surface area contributed by atoms with E-state index in [1.165, 1.54) is 19.3 Å². The Morgan fingerprint density at radius 3 is 2.89 bits per heavy atom. The van der Waals surface area contributed by atoms with Crippen LogP contribution in [0.25, 0.3) is 11.0 Å². The third-order valence-electron chi connectivity index (χ3n) is 3.69. The summed E-state index contributed by atoms with van der Waals surface area (Å²) >= 11 is 6.27. The maximum atomic E-state index is 6.27. The van der Waals surface area contributed by atoms with E-state index in [-0.39, 0.29) is 5.38 Å². The van der Waals surface area contributed by atoms with Gasteiger partial charge in [-0.3, -0.25) is 4.98 Å². The van der Waals surface area contributed by atoms with Gasteiger partial charge >= 0.3 is 0 Å². The predicted molar refractivity (Wildman–Crippen MR) is 73.8 cm³/mol. The minimum absolute atomic E-state index is 0.0703. The Morgan fingerprint density at radius 2 is 2.22 bits per heavy atom. The molecule has 0 bridgehead atoms. The molecule has 1 aliphatic rings. The summed E-state index contributed by atoms with van der Waals surface area (Å²) in [5.41, 5.74) is 2.10. The molecule has 1 fully saturated rings. The molecule has 2 atom stereocenters. The summed E-state index contributed by atoms with van der Waals surface area (Å²) in [6.45, 7) is 4.25. The Labute approximate surface area is 112 Å². The summed E-state index contributed by atoms with van der Waals surface area (Å²) in [4.78, 5) is 8.77. The molecule has 2 heterocycles. The summed E-state index contributed by atoms with van der Waals surface area (Å²) < 4.78 is 2.30. The zero-order valence-corrected chi connectivity index (χ0v) is 11.6. The van der Waals surface area contributed by atoms with Crippen LogP contribution >= 0.6 is 11.6 Å². The highest BCUT2D eigenvalue weighted by molar-refractivity contribution is 6.20. The average molecular weight is 264 g/mol. The zero-order valence-electron chi connectivity index (χ0n) is 10.8. The molecule has 3 rings (SSSR count). The molecular formula is C14H18ClN3. The van der Waals surface area contributed by atoms with Crippen molar-refractivity contribution >= 4 is 22.6 Å². The molecule has 2 unspecified atom stereocenters. The predicted octanol–water partition coefficient (Wildman–Crippen LogP) is 4.09. The van der Waals surface area contributed by atoms with Gasteiger partial charge in [-0.1, -0.05) is 12.8 Å². The van der Waals surface area contributed by atoms with Crippen LogP contribution in [0.4, 0.5) is 0 Å². The highest BCUT2D eigenvalue weighted by Crippen LogP contribution is 2.38. The van der Waals surface area contributed by atoms with E-state index in [0.29, 0.717) is 6.04 Å². The van der Waals surface area contributed by atoms with Gasteiger partial charge in [0, 0.05) is 12.2 Å². The van der Waals surface area contributed by atoms with Crippen molar-refractivity contribution in [2.75, 3.05) is 0 Å². The van der Waals surface area contributed by atoms with Crippen molar-refractivity contribution in [2.45, 2.75) is 44.5 Å². The van der Waals surface area contributed by atoms with Crippen molar-refractivity contribution in [2.24, 2.45) is 5.92 Å². The largest absolute Gasteiger partial charge is 0.324 e. The number of rotatable bonds is 4. The summed E-state index contributed by atoms with van der Waals surface area (Å²) in [5, 5.41) is -0.0703. The molecule has 0 amide bonds. The Kier molecular flexibility index (Phi) is 3.02. The van der Waals surface area contributed by atoms with E-state index in [1.807, 2.05) is 25.4 Å². The number of hydrogen-bond acceptors (Lipinski definition) is 2. The van der Waals surface area contributed by atoms with Crippen LogP contribution in [0.1, 0.15) is 50.4 Å². The van der Waals surface area contributed by atoms with Gasteiger partial charge in [-0.05, 0) is 32.3 Å². The molecule has 0 N–H and O–H groups in total. The Balaban J connectivity index is 2.07. The highest BCUT2D eigenvalue weighted by atomic mass is 35.5. The van der Waals surface area contributed by atoms with E-state index in [0.717, 1.165) is 22.8 Å². The molecule has 1 aliphatic carbocycles. The zero-order chi connectivity index (χ0) is 12.7. The van der Waals surface area contributed by atoms with Crippen molar-refractivity contribution < 1.29 is 0 Å². The van der Waals surface area contributed by atoms with Gasteiger partial charge in [0.2, 0.25) is 0 Å². The Bertz CT molecular complexity index is 557. The molecule has 0 saturated heterocycles. The van der Waals surface area contributed by atoms with Gasteiger partial charge in [-0.25, -0.2) is 4.98 Å². The minimum Gasteiger partial charge on any atom is -0.324 e. The van der Waals surface area contributed by atoms with Gasteiger partial charge in [0.1, 0.15) is 11.3 Å². The van der Waals surface area contributed by atoms with E-state index < -0.39 is 0 Å². The monoisotopic (exact) mass is 263 g/mol. The molecule has 3 nitrogen and oxygen atoms in total. The molecule has 18 heavy (non-hydrogen) atoms. The molecule has 2 aromatic rings. The van der Waals surface area contributed by atoms with E-state index in [9.17, 15) is 0 Å². The minimum atomic E-state index is -0.0703. The standard InChI is InChI=1S/C14H18ClN3/c1-9(7-11-3-4-11)18-13-5-6-16-8-12(13)17-14(18)10(2)15/h5-6,8-11H,3-4,7H2,1-2H3. The molecule has 0 radical (unpaired) electrons. The number of fused-ring (bicyclic) bond motifs is 1. The lowest BCUT2D eigenvalue weighted by Gasteiger charge is -2.18. The molecule has 96 valence electrons. The lowest BCUT2D eigenvalue weighted by molar-refractivity contribution is 0.472. The Morgan fingerprint density at radius 1 is 1.44 bits per heavy atom. The second-order valence-corrected chi connectivity index (χ2v) is 6.00. The molecule has 0 spiro atoms. The first-order valence-corrected chi connectivity index (χ1v) is 7.06. The number of imidazole rings is 1. The third-order valence-corrected chi connectivity index (χ3v) is 3.88. The number of aromatic nitrogens is 3. The molecule has 0 aliphatic heterocycles. The lowest BCUT2D eigenvalue weighted by Crippen LogP contribution is -2.10. The van der Waals surface area contributed by atoms with Crippen LogP contribution in [0.15, 0.2) is 18.5 Å². The summed E-state index contributed by atoms with van der Waals surface area (Å²) in [5.74, 6) is 1.87. The molecular weight excluding hydrogens is 246 g/mol. The van der Waals surface area contributed by atoms with Crippen molar-refractivity contribution in [3.8, 4) is 0 Å². The van der Waals surface area contributed by atoms with Crippen molar-refractivity contribution in [1.82, 2.24) is 14.5 Å². The van der Waals surface area contributed by atoms with Gasteiger partial charge < -0.3 is 4.57 Å². The van der Waals surface area contributed by atoms with E-state index in [2.05, 4.69) is 21.5 Å². The van der Waals surface area contributed by atoms with Gasteiger partial charge in [0.25, 0.3) is 0 Å². The normalized spacial score (nSPS) is 19.1. The smallest absolute Gasteiger partial charge is 0.128 e. The fraction of sp³-hybridized carbons (Fsp3) is 0.571. The third kappa shape index (κ3) is 2.12. The molecule has 4 heteroatoms. The van der Waals surface area contributed by atoms with Crippen molar-refractivity contribution in [3.05, 3.63) is 24.3 Å². The first kappa shape index (κ1) is 12.0. The fourth-order valence-electron chi connectivity index (χ4n) is 2.65. The van der Waals surface area contributed by atoms with E-state index in [1.54, 1.807) is 0 Å². The number of hydrogen-bond donors (Lipinski definition) is 0. The highest BCUT2D eigenvalue weighted by Gasteiger charge is 2.27. The Hall–Kier alpha value is -1.09. The van der Waals surface area contributed by atoms with Gasteiger partial charge in [0.15, 0.2) is 0 Å². The van der Waals surface area contributed by atoms with Crippen LogP contribution in [-0.4, -0.2) is 14.5 Å². The van der Waals surface area contributed by atoms with Crippen LogP contribution in [0, 0.1) is 5.92 Å². The first-order valence-electron chi connectivity index (χ1n) is 6.62. The van der Waals surface area contributed by atoms with Gasteiger partial charge in [0.05, 0.1) is 17.1 Å². The second kappa shape index (κ2) is 4.54. The lowest BCUT2D eigenvalue weighted by atomic mass is 10.1. The fourth-order valence-corrected chi connectivity index (χ4v) is 2.81. The number of halogens is 1. The number of nitrogens with zero attached hydrogens (tertiary/aromatic N) is 3. The van der Waals surface area contributed by atoms with Crippen LogP contribution in [-0.2, 0) is 0 Å². The van der Waals surface area contributed by atoms with Gasteiger partial charge in [-0.2, -0.15) is 0 Å². The number of pyridine rings is 1. The second-order valence-electron chi connectivity index (χ2n) is 5.35. The molecule has 1 saturated carbocycles. The van der Waals surface area contributed by atoms with Crippen molar-refractivity contribution in [3.63, 3.8) is 0 Å². The maximum absolute atomic E-state index is 6.27. The number of alkyl halides is 1. The quantitative estimate of drug-likeness (QED) is 0.778. The summed E-state index contributed by atoms with van der Waals surface area (Å²) in [6.07, 6.45) is 7.63. The summed E-state index contributed by atoms with van der Waals surface area (Å²) in [6, 6.07) is 2.50. The van der Waals surface area contributed by atoms with Crippen LogP contribution in [0.3, 0.4) is 0 Å². The van der Waals surface area contributed by atoms with E-state index in [4.69, 9.17) is 11.6 Å². The average Bonchev–Trinajstić information content (AvgIpc) is 3.06. The molecule has 0 aromatic carbocycles. The van der Waals surface area contributed by atoms with Crippen LogP contribution in [0.5, 0.6) is 0 Å². The molecule has 2 aromatic heterocycles. The van der Waals surface area contributed by atoms with Crippen LogP contribution in [0.2, 0.25) is 0 Å². The van der Waals surface area contributed by atoms with Crippen molar-refractivity contribution in [1.29, 1.82) is 0 Å². The van der Waals surface area contributed by atoms with Gasteiger partial charge in [-0.15, -0.1) is 11.6 Å². The first-order chi connectivity index (χ1) is 8.66. The topological polar surface area (TPSA) is 30.7 Å².